The topological polar surface area (TPSA) is 57.7 Å². The molecule has 6 heteroatoms. The van der Waals surface area contributed by atoms with Crippen LogP contribution >= 0.6 is 0 Å². The predicted octanol–water partition coefficient (Wildman–Crippen LogP) is 2.23. The van der Waals surface area contributed by atoms with Gasteiger partial charge in [0, 0.05) is 44.5 Å². The van der Waals surface area contributed by atoms with E-state index in [0.717, 1.165) is 52.2 Å². The van der Waals surface area contributed by atoms with E-state index in [1.54, 1.807) is 6.20 Å². The number of carbonyl (C=O) groups excluding carboxylic acids is 1. The summed E-state index contributed by atoms with van der Waals surface area (Å²) in [6.45, 7) is 9.41. The minimum absolute atomic E-state index is 0.0997. The number of rotatable bonds is 5. The van der Waals surface area contributed by atoms with E-state index >= 15 is 0 Å². The first-order valence-corrected chi connectivity index (χ1v) is 9.48. The number of amides is 1. The minimum atomic E-state index is 0.0997. The van der Waals surface area contributed by atoms with Crippen LogP contribution in [0.25, 0.3) is 0 Å². The predicted molar refractivity (Wildman–Crippen MR) is 98.9 cm³/mol. The Morgan fingerprint density at radius 2 is 2.16 bits per heavy atom. The second-order valence-corrected chi connectivity index (χ2v) is 7.14. The van der Waals surface area contributed by atoms with Gasteiger partial charge in [0.2, 0.25) is 0 Å². The molecule has 138 valence electrons. The van der Waals surface area contributed by atoms with E-state index in [1.807, 2.05) is 17.0 Å². The minimum Gasteiger partial charge on any atom is -0.379 e. The highest BCUT2D eigenvalue weighted by molar-refractivity contribution is 5.98. The van der Waals surface area contributed by atoms with Crippen molar-refractivity contribution in [2.75, 3.05) is 44.7 Å². The Kier molecular flexibility index (Phi) is 6.26. The van der Waals surface area contributed by atoms with Crippen LogP contribution in [-0.2, 0) is 4.74 Å². The lowest BCUT2D eigenvalue weighted by atomic mass is 10.1. The standard InChI is InChI=1S/C19H30N4O2/c1-15(23-11-12-25-14-16(23)2)13-21-18-17(7-6-8-20-18)19(24)22-9-4-3-5-10-22/h6-8,15-16H,3-5,9-14H2,1-2H3,(H,20,21)/t15-,16+/m0/s1. The fourth-order valence-corrected chi connectivity index (χ4v) is 3.74. The number of nitrogens with one attached hydrogen (secondary N) is 1. The highest BCUT2D eigenvalue weighted by Crippen LogP contribution is 2.19. The normalized spacial score (nSPS) is 23.3. The lowest BCUT2D eigenvalue weighted by molar-refractivity contribution is -0.0159. The van der Waals surface area contributed by atoms with Gasteiger partial charge in [0.05, 0.1) is 18.8 Å². The molecule has 1 aromatic heterocycles. The van der Waals surface area contributed by atoms with Gasteiger partial charge in [0.25, 0.3) is 5.91 Å². The van der Waals surface area contributed by atoms with Gasteiger partial charge in [-0.3, -0.25) is 9.69 Å². The summed E-state index contributed by atoms with van der Waals surface area (Å²) in [5.41, 5.74) is 0.687. The smallest absolute Gasteiger partial charge is 0.257 e. The monoisotopic (exact) mass is 346 g/mol. The Balaban J connectivity index is 1.63. The number of hydrogen-bond donors (Lipinski definition) is 1. The van der Waals surface area contributed by atoms with E-state index in [9.17, 15) is 4.79 Å². The van der Waals surface area contributed by atoms with Gasteiger partial charge in [0.15, 0.2) is 0 Å². The van der Waals surface area contributed by atoms with Gasteiger partial charge in [-0.2, -0.15) is 0 Å². The van der Waals surface area contributed by atoms with E-state index in [-0.39, 0.29) is 5.91 Å². The molecule has 3 heterocycles. The molecule has 2 saturated heterocycles. The molecular formula is C19H30N4O2. The summed E-state index contributed by atoms with van der Waals surface area (Å²) in [6.07, 6.45) is 5.16. The van der Waals surface area contributed by atoms with Crippen molar-refractivity contribution in [1.29, 1.82) is 0 Å². The van der Waals surface area contributed by atoms with Crippen LogP contribution in [-0.4, -0.2) is 72.2 Å². The number of hydrogen-bond acceptors (Lipinski definition) is 5. The number of carbonyl (C=O) groups is 1. The SMILES string of the molecule is C[C@@H]1COCCN1[C@@H](C)CNc1ncccc1C(=O)N1CCCCC1. The molecule has 1 aromatic rings. The van der Waals surface area contributed by atoms with E-state index in [4.69, 9.17) is 4.74 Å². The van der Waals surface area contributed by atoms with Crippen molar-refractivity contribution < 1.29 is 9.53 Å². The Bertz CT molecular complexity index is 574. The summed E-state index contributed by atoms with van der Waals surface area (Å²) in [6, 6.07) is 4.51. The number of pyridine rings is 1. The van der Waals surface area contributed by atoms with Crippen molar-refractivity contribution in [1.82, 2.24) is 14.8 Å². The average Bonchev–Trinajstić information content (AvgIpc) is 2.67. The highest BCUT2D eigenvalue weighted by Gasteiger charge is 2.25. The van der Waals surface area contributed by atoms with E-state index in [0.29, 0.717) is 23.5 Å². The Morgan fingerprint density at radius 1 is 1.36 bits per heavy atom. The largest absolute Gasteiger partial charge is 0.379 e. The molecule has 0 aromatic carbocycles. The van der Waals surface area contributed by atoms with Gasteiger partial charge in [-0.25, -0.2) is 4.98 Å². The van der Waals surface area contributed by atoms with Crippen LogP contribution in [0.1, 0.15) is 43.5 Å². The maximum absolute atomic E-state index is 12.8. The lowest BCUT2D eigenvalue weighted by Gasteiger charge is -2.38. The zero-order valence-corrected chi connectivity index (χ0v) is 15.4. The molecule has 6 nitrogen and oxygen atoms in total. The molecule has 0 bridgehead atoms. The van der Waals surface area contributed by atoms with E-state index in [1.165, 1.54) is 6.42 Å². The van der Waals surface area contributed by atoms with Crippen molar-refractivity contribution in [3.63, 3.8) is 0 Å². The molecule has 25 heavy (non-hydrogen) atoms. The second kappa shape index (κ2) is 8.63. The maximum atomic E-state index is 12.8. The number of nitrogens with zero attached hydrogens (tertiary/aromatic N) is 3. The van der Waals surface area contributed by atoms with Crippen LogP contribution in [0, 0.1) is 0 Å². The molecule has 0 saturated carbocycles. The fraction of sp³-hybridized carbons (Fsp3) is 0.684. The molecule has 3 rings (SSSR count). The first-order valence-electron chi connectivity index (χ1n) is 9.48. The van der Waals surface area contributed by atoms with E-state index in [2.05, 4.69) is 29.0 Å². The summed E-state index contributed by atoms with van der Waals surface area (Å²) < 4.78 is 5.52. The summed E-state index contributed by atoms with van der Waals surface area (Å²) in [4.78, 5) is 21.7. The molecule has 2 fully saturated rings. The number of morpholine rings is 1. The zero-order valence-electron chi connectivity index (χ0n) is 15.4. The molecule has 0 unspecified atom stereocenters. The van der Waals surface area contributed by atoms with Crippen LogP contribution in [0.4, 0.5) is 5.82 Å². The summed E-state index contributed by atoms with van der Waals surface area (Å²) in [7, 11) is 0. The van der Waals surface area contributed by atoms with Crippen molar-refractivity contribution in [3.8, 4) is 0 Å². The van der Waals surface area contributed by atoms with Gasteiger partial charge in [-0.15, -0.1) is 0 Å². The number of piperidine rings is 1. The third-order valence-corrected chi connectivity index (χ3v) is 5.23. The number of anilines is 1. The van der Waals surface area contributed by atoms with Crippen molar-refractivity contribution in [2.24, 2.45) is 0 Å². The number of ether oxygens (including phenoxy) is 1. The van der Waals surface area contributed by atoms with Gasteiger partial charge < -0.3 is 15.0 Å². The van der Waals surface area contributed by atoms with Gasteiger partial charge in [-0.1, -0.05) is 0 Å². The van der Waals surface area contributed by atoms with Crippen LogP contribution < -0.4 is 5.32 Å². The van der Waals surface area contributed by atoms with E-state index < -0.39 is 0 Å². The Morgan fingerprint density at radius 3 is 2.92 bits per heavy atom. The molecule has 0 spiro atoms. The van der Waals surface area contributed by atoms with Crippen LogP contribution in [0.15, 0.2) is 18.3 Å². The molecule has 2 aliphatic rings. The summed E-state index contributed by atoms with van der Waals surface area (Å²) in [5.74, 6) is 0.800. The average molecular weight is 346 g/mol. The summed E-state index contributed by atoms with van der Waals surface area (Å²) in [5, 5.41) is 3.41. The molecule has 1 amide bonds. The van der Waals surface area contributed by atoms with Gasteiger partial charge >= 0.3 is 0 Å². The second-order valence-electron chi connectivity index (χ2n) is 7.14. The van der Waals surface area contributed by atoms with Crippen LogP contribution in [0.5, 0.6) is 0 Å². The van der Waals surface area contributed by atoms with Crippen LogP contribution in [0.3, 0.4) is 0 Å². The van der Waals surface area contributed by atoms with Crippen molar-refractivity contribution >= 4 is 11.7 Å². The van der Waals surface area contributed by atoms with Gasteiger partial charge in [-0.05, 0) is 45.2 Å². The first-order chi connectivity index (χ1) is 12.2. The molecule has 0 aliphatic carbocycles. The molecule has 2 aliphatic heterocycles. The fourth-order valence-electron chi connectivity index (χ4n) is 3.74. The quantitative estimate of drug-likeness (QED) is 0.886. The lowest BCUT2D eigenvalue weighted by Crippen LogP contribution is -2.50. The maximum Gasteiger partial charge on any atom is 0.257 e. The Labute approximate surface area is 150 Å². The first kappa shape index (κ1) is 18.1. The van der Waals surface area contributed by atoms with Gasteiger partial charge in [0.1, 0.15) is 5.82 Å². The molecular weight excluding hydrogens is 316 g/mol. The molecule has 1 N–H and O–H groups in total. The Hall–Kier alpha value is -1.66. The number of likely N-dealkylation sites (tertiary alicyclic amines) is 1. The van der Waals surface area contributed by atoms with Crippen LogP contribution in [0.2, 0.25) is 0 Å². The summed E-state index contributed by atoms with van der Waals surface area (Å²) >= 11 is 0. The molecule has 2 atom stereocenters. The zero-order chi connectivity index (χ0) is 17.6. The third-order valence-electron chi connectivity index (χ3n) is 5.23. The molecule has 0 radical (unpaired) electrons. The highest BCUT2D eigenvalue weighted by atomic mass is 16.5. The number of aromatic nitrogens is 1. The third kappa shape index (κ3) is 4.50. The van der Waals surface area contributed by atoms with Crippen molar-refractivity contribution in [3.05, 3.63) is 23.9 Å². The van der Waals surface area contributed by atoms with Crippen molar-refractivity contribution in [2.45, 2.75) is 45.2 Å².